The molecule has 0 aliphatic carbocycles. The van der Waals surface area contributed by atoms with E-state index in [1.807, 2.05) is 22.7 Å². The fourth-order valence-corrected chi connectivity index (χ4v) is 12.5. The van der Waals surface area contributed by atoms with Crippen LogP contribution in [0.5, 0.6) is 0 Å². The Morgan fingerprint density at radius 2 is 0.650 bits per heavy atom. The van der Waals surface area contributed by atoms with Crippen LogP contribution in [0.3, 0.4) is 0 Å². The Hall–Kier alpha value is -7.10. The van der Waals surface area contributed by atoms with Crippen molar-refractivity contribution >= 4 is 106 Å². The van der Waals surface area contributed by atoms with Crippen LogP contribution in [0.4, 0.5) is 0 Å². The number of hydrogen-bond acceptors (Lipinski definition) is 2. The molecule has 278 valence electrons. The van der Waals surface area contributed by atoms with Gasteiger partial charge in [0, 0.05) is 45.9 Å². The lowest BCUT2D eigenvalue weighted by Gasteiger charge is -2.18. The van der Waals surface area contributed by atoms with E-state index in [0.29, 0.717) is 0 Å². The quantitative estimate of drug-likeness (QED) is 0.156. The second kappa shape index (κ2) is 13.2. The Labute approximate surface area is 354 Å². The predicted octanol–water partition coefficient (Wildman–Crippen LogP) is 17.7. The molecule has 13 rings (SSSR count). The van der Waals surface area contributed by atoms with Crippen LogP contribution in [-0.4, -0.2) is 0 Å². The minimum Gasteiger partial charge on any atom is -0.135 e. The third-order valence-electron chi connectivity index (χ3n) is 12.6. The molecule has 0 aliphatic heterocycles. The van der Waals surface area contributed by atoms with Gasteiger partial charge in [-0.15, -0.1) is 22.7 Å². The number of thiophene rings is 2. The van der Waals surface area contributed by atoms with Crippen molar-refractivity contribution in [1.29, 1.82) is 0 Å². The van der Waals surface area contributed by atoms with Gasteiger partial charge in [-0.1, -0.05) is 182 Å². The molecule has 0 amide bonds. The van der Waals surface area contributed by atoms with Crippen molar-refractivity contribution in [3.8, 4) is 44.5 Å². The lowest BCUT2D eigenvalue weighted by Crippen LogP contribution is -1.91. The molecule has 0 saturated carbocycles. The van der Waals surface area contributed by atoms with E-state index >= 15 is 0 Å². The monoisotopic (exact) mass is 794 g/mol. The average Bonchev–Trinajstić information content (AvgIpc) is 3.88. The smallest absolute Gasteiger partial charge is 0.0434 e. The molecule has 0 unspecified atom stereocenters. The van der Waals surface area contributed by atoms with Gasteiger partial charge in [0.15, 0.2) is 0 Å². The predicted molar refractivity (Wildman–Crippen MR) is 264 cm³/mol. The average molecular weight is 795 g/mol. The van der Waals surface area contributed by atoms with Crippen LogP contribution in [0.15, 0.2) is 206 Å². The molecule has 11 aromatic carbocycles. The van der Waals surface area contributed by atoms with Crippen LogP contribution in [-0.2, 0) is 0 Å². The summed E-state index contributed by atoms with van der Waals surface area (Å²) >= 11 is 3.80. The maximum absolute atomic E-state index is 2.45. The molecule has 13 aromatic rings. The van der Waals surface area contributed by atoms with Crippen molar-refractivity contribution in [2.75, 3.05) is 0 Å². The highest BCUT2D eigenvalue weighted by Crippen LogP contribution is 2.50. The Bertz CT molecular complexity index is 3770. The van der Waals surface area contributed by atoms with Crippen molar-refractivity contribution in [2.45, 2.75) is 0 Å². The van der Waals surface area contributed by atoms with Gasteiger partial charge < -0.3 is 0 Å². The summed E-state index contributed by atoms with van der Waals surface area (Å²) in [5, 5.41) is 15.5. The van der Waals surface area contributed by atoms with Gasteiger partial charge >= 0.3 is 0 Å². The van der Waals surface area contributed by atoms with E-state index < -0.39 is 0 Å². The van der Waals surface area contributed by atoms with E-state index in [2.05, 4.69) is 206 Å². The Morgan fingerprint density at radius 3 is 1.25 bits per heavy atom. The summed E-state index contributed by atoms with van der Waals surface area (Å²) in [6.07, 6.45) is 0. The molecular weight excluding hydrogens is 761 g/mol. The molecule has 2 heteroatoms. The van der Waals surface area contributed by atoms with Crippen LogP contribution in [0.1, 0.15) is 0 Å². The van der Waals surface area contributed by atoms with Crippen molar-refractivity contribution < 1.29 is 0 Å². The number of hydrogen-bond donors (Lipinski definition) is 0. The van der Waals surface area contributed by atoms with Crippen molar-refractivity contribution in [3.63, 3.8) is 0 Å². The largest absolute Gasteiger partial charge is 0.135 e. The van der Waals surface area contributed by atoms with Crippen LogP contribution < -0.4 is 0 Å². The van der Waals surface area contributed by atoms with Crippen molar-refractivity contribution in [2.24, 2.45) is 0 Å². The molecule has 0 N–H and O–H groups in total. The Morgan fingerprint density at radius 1 is 0.217 bits per heavy atom. The first kappa shape index (κ1) is 33.8. The zero-order valence-electron chi connectivity index (χ0n) is 32.4. The van der Waals surface area contributed by atoms with Gasteiger partial charge in [0.25, 0.3) is 0 Å². The molecule has 0 radical (unpaired) electrons. The summed E-state index contributed by atoms with van der Waals surface area (Å²) in [7, 11) is 0. The van der Waals surface area contributed by atoms with E-state index in [9.17, 15) is 0 Å². The molecule has 0 spiro atoms. The SMILES string of the molecule is c1ccc(-c2c3ccccc3c(-c3ccc4c(c3)sc3ccc(-c5c6ccccc6c(-c6cccc7c6sc6ccccc67)c6ccccc56)cc34)c3ccccc23)cc1. The summed E-state index contributed by atoms with van der Waals surface area (Å²) in [5.74, 6) is 0. The highest BCUT2D eigenvalue weighted by molar-refractivity contribution is 7.26. The molecular formula is C58H34S2. The fourth-order valence-electron chi connectivity index (χ4n) is 10.1. The van der Waals surface area contributed by atoms with Crippen molar-refractivity contribution in [3.05, 3.63) is 206 Å². The first-order chi connectivity index (χ1) is 29.8. The van der Waals surface area contributed by atoms with Crippen LogP contribution in [0.25, 0.3) is 128 Å². The van der Waals surface area contributed by atoms with Gasteiger partial charge in [0.2, 0.25) is 0 Å². The normalized spacial score (nSPS) is 12.0. The third kappa shape index (κ3) is 4.96. The molecule has 0 nitrogen and oxygen atoms in total. The number of benzene rings is 11. The van der Waals surface area contributed by atoms with E-state index in [0.717, 1.165) is 0 Å². The minimum atomic E-state index is 1.25. The first-order valence-electron chi connectivity index (χ1n) is 20.6. The van der Waals surface area contributed by atoms with Gasteiger partial charge in [-0.3, -0.25) is 0 Å². The first-order valence-corrected chi connectivity index (χ1v) is 22.2. The second-order valence-electron chi connectivity index (χ2n) is 15.9. The van der Waals surface area contributed by atoms with Crippen LogP contribution in [0.2, 0.25) is 0 Å². The van der Waals surface area contributed by atoms with E-state index in [1.54, 1.807) is 0 Å². The molecule has 0 fully saturated rings. The van der Waals surface area contributed by atoms with E-state index in [1.165, 1.54) is 128 Å². The second-order valence-corrected chi connectivity index (χ2v) is 18.0. The van der Waals surface area contributed by atoms with Gasteiger partial charge in [0.1, 0.15) is 0 Å². The van der Waals surface area contributed by atoms with Gasteiger partial charge in [0.05, 0.1) is 0 Å². The van der Waals surface area contributed by atoms with Crippen LogP contribution >= 0.6 is 22.7 Å². The Balaban J connectivity index is 1.01. The fraction of sp³-hybridized carbons (Fsp3) is 0. The third-order valence-corrected chi connectivity index (χ3v) is 15.0. The van der Waals surface area contributed by atoms with E-state index in [-0.39, 0.29) is 0 Å². The molecule has 0 aliphatic rings. The summed E-state index contributed by atoms with van der Waals surface area (Å²) in [5.41, 5.74) is 10.3. The summed E-state index contributed by atoms with van der Waals surface area (Å²) in [6, 6.07) is 76.8. The topological polar surface area (TPSA) is 0 Å². The molecule has 0 saturated heterocycles. The zero-order valence-corrected chi connectivity index (χ0v) is 34.1. The standard InChI is InChI=1S/C58H34S2/c1-2-15-35(16-3-1)54-40-18-4-6-20-42(40)56(43-21-7-5-19-41(43)54)37-29-31-39-50-33-36(30-32-52(50)59-53(39)34-37)55-44-22-8-10-24-46(44)57(47-25-11-9-23-45(47)55)49-27-14-26-48-38-17-12-13-28-51(38)60-58(48)49/h1-34H. The number of rotatable bonds is 4. The van der Waals surface area contributed by atoms with E-state index in [4.69, 9.17) is 0 Å². The molecule has 0 atom stereocenters. The van der Waals surface area contributed by atoms with Crippen molar-refractivity contribution in [1.82, 2.24) is 0 Å². The van der Waals surface area contributed by atoms with Gasteiger partial charge in [-0.05, 0) is 106 Å². The lowest BCUT2D eigenvalue weighted by atomic mass is 9.85. The van der Waals surface area contributed by atoms with Crippen LogP contribution in [0, 0.1) is 0 Å². The Kier molecular flexibility index (Phi) is 7.45. The highest BCUT2D eigenvalue weighted by atomic mass is 32.1. The summed E-state index contributed by atoms with van der Waals surface area (Å²) < 4.78 is 5.29. The molecule has 60 heavy (non-hydrogen) atoms. The summed E-state index contributed by atoms with van der Waals surface area (Å²) in [6.45, 7) is 0. The number of fused-ring (bicyclic) bond motifs is 10. The molecule has 2 aromatic heterocycles. The summed E-state index contributed by atoms with van der Waals surface area (Å²) in [4.78, 5) is 0. The van der Waals surface area contributed by atoms with Gasteiger partial charge in [-0.25, -0.2) is 0 Å². The molecule has 2 heterocycles. The maximum Gasteiger partial charge on any atom is 0.0434 e. The zero-order chi connectivity index (χ0) is 39.3. The lowest BCUT2D eigenvalue weighted by molar-refractivity contribution is 1.66. The minimum absolute atomic E-state index is 1.25. The highest BCUT2D eigenvalue weighted by Gasteiger charge is 2.21. The molecule has 0 bridgehead atoms. The maximum atomic E-state index is 2.45. The van der Waals surface area contributed by atoms with Gasteiger partial charge in [-0.2, -0.15) is 0 Å².